The van der Waals surface area contributed by atoms with Gasteiger partial charge in [-0.15, -0.1) is 0 Å². The number of nitrogens with zero attached hydrogens (tertiary/aromatic N) is 1. The molecule has 4 unspecified atom stereocenters. The van der Waals surface area contributed by atoms with E-state index in [9.17, 15) is 4.79 Å². The Morgan fingerprint density at radius 1 is 1.35 bits per heavy atom. The van der Waals surface area contributed by atoms with Crippen LogP contribution in [-0.2, 0) is 9.53 Å². The summed E-state index contributed by atoms with van der Waals surface area (Å²) >= 11 is 0. The maximum Gasteiger partial charge on any atom is 0.137 e. The molecule has 1 saturated heterocycles. The van der Waals surface area contributed by atoms with Crippen LogP contribution in [0.5, 0.6) is 0 Å². The highest BCUT2D eigenvalue weighted by Gasteiger charge is 2.34. The SMILES string of the molecule is CC1CC(=O)C(CN2CCOC(C)C2)C(C)C1. The van der Waals surface area contributed by atoms with Gasteiger partial charge in [0.05, 0.1) is 12.7 Å². The summed E-state index contributed by atoms with van der Waals surface area (Å²) in [6.45, 7) is 10.3. The molecule has 0 spiro atoms. The van der Waals surface area contributed by atoms with Crippen molar-refractivity contribution in [2.45, 2.75) is 39.7 Å². The van der Waals surface area contributed by atoms with E-state index in [-0.39, 0.29) is 5.92 Å². The average Bonchev–Trinajstić information content (AvgIpc) is 2.23. The van der Waals surface area contributed by atoms with Crippen LogP contribution >= 0.6 is 0 Å². The normalized spacial score (nSPS) is 40.5. The average molecular weight is 239 g/mol. The molecule has 1 aliphatic carbocycles. The van der Waals surface area contributed by atoms with Crippen LogP contribution < -0.4 is 0 Å². The molecule has 0 N–H and O–H groups in total. The zero-order valence-corrected chi connectivity index (χ0v) is 11.3. The van der Waals surface area contributed by atoms with Crippen LogP contribution in [-0.4, -0.2) is 43.0 Å². The molecule has 2 rings (SSSR count). The van der Waals surface area contributed by atoms with Crippen molar-refractivity contribution in [2.24, 2.45) is 17.8 Å². The minimum Gasteiger partial charge on any atom is -0.376 e. The molecule has 1 heterocycles. The largest absolute Gasteiger partial charge is 0.376 e. The van der Waals surface area contributed by atoms with Crippen LogP contribution in [0.1, 0.15) is 33.6 Å². The third-order valence-corrected chi connectivity index (χ3v) is 4.20. The number of rotatable bonds is 2. The standard InChI is InChI=1S/C14H25NO2/c1-10-6-11(2)13(14(16)7-10)9-15-4-5-17-12(3)8-15/h10-13H,4-9H2,1-3H3. The number of carbonyl (C=O) groups excluding carboxylic acids is 1. The summed E-state index contributed by atoms with van der Waals surface area (Å²) in [5.41, 5.74) is 0. The minimum absolute atomic E-state index is 0.261. The van der Waals surface area contributed by atoms with E-state index in [1.807, 2.05) is 0 Å². The van der Waals surface area contributed by atoms with Gasteiger partial charge < -0.3 is 4.74 Å². The van der Waals surface area contributed by atoms with Crippen LogP contribution in [0.15, 0.2) is 0 Å². The van der Waals surface area contributed by atoms with E-state index in [1.54, 1.807) is 0 Å². The fourth-order valence-corrected chi connectivity index (χ4v) is 3.31. The second-order valence-electron chi connectivity index (χ2n) is 6.04. The lowest BCUT2D eigenvalue weighted by atomic mass is 9.74. The van der Waals surface area contributed by atoms with Crippen molar-refractivity contribution in [2.75, 3.05) is 26.2 Å². The Labute approximate surface area is 105 Å². The van der Waals surface area contributed by atoms with E-state index < -0.39 is 0 Å². The Bertz CT molecular complexity index is 279. The van der Waals surface area contributed by atoms with Gasteiger partial charge in [0, 0.05) is 32.0 Å². The van der Waals surface area contributed by atoms with Crippen LogP contribution in [0.4, 0.5) is 0 Å². The fraction of sp³-hybridized carbons (Fsp3) is 0.929. The maximum absolute atomic E-state index is 12.1. The molecular formula is C14H25NO2. The molecule has 98 valence electrons. The molecule has 4 atom stereocenters. The first-order valence-electron chi connectivity index (χ1n) is 6.93. The molecule has 0 amide bonds. The lowest BCUT2D eigenvalue weighted by molar-refractivity contribution is -0.129. The number of ether oxygens (including phenoxy) is 1. The summed E-state index contributed by atoms with van der Waals surface area (Å²) in [6, 6.07) is 0. The van der Waals surface area contributed by atoms with Gasteiger partial charge >= 0.3 is 0 Å². The van der Waals surface area contributed by atoms with E-state index in [1.165, 1.54) is 6.42 Å². The van der Waals surface area contributed by atoms with Crippen molar-refractivity contribution in [1.29, 1.82) is 0 Å². The van der Waals surface area contributed by atoms with Crippen molar-refractivity contribution in [1.82, 2.24) is 4.90 Å². The van der Waals surface area contributed by atoms with Crippen LogP contribution in [0.25, 0.3) is 0 Å². The first-order chi connectivity index (χ1) is 8.06. The number of morpholine rings is 1. The van der Waals surface area contributed by atoms with Crippen molar-refractivity contribution < 1.29 is 9.53 Å². The van der Waals surface area contributed by atoms with Gasteiger partial charge in [-0.05, 0) is 25.2 Å². The molecule has 1 aliphatic heterocycles. The number of ketones is 1. The lowest BCUT2D eigenvalue weighted by Crippen LogP contribution is -2.47. The Balaban J connectivity index is 1.90. The number of hydrogen-bond donors (Lipinski definition) is 0. The smallest absolute Gasteiger partial charge is 0.137 e. The van der Waals surface area contributed by atoms with Crippen molar-refractivity contribution >= 4 is 5.78 Å². The van der Waals surface area contributed by atoms with E-state index in [4.69, 9.17) is 4.74 Å². The van der Waals surface area contributed by atoms with Crippen molar-refractivity contribution in [3.63, 3.8) is 0 Å². The molecule has 2 fully saturated rings. The molecule has 3 heteroatoms. The Morgan fingerprint density at radius 2 is 2.12 bits per heavy atom. The Morgan fingerprint density at radius 3 is 2.76 bits per heavy atom. The van der Waals surface area contributed by atoms with Gasteiger partial charge in [-0.1, -0.05) is 13.8 Å². The minimum atomic E-state index is 0.261. The van der Waals surface area contributed by atoms with Gasteiger partial charge in [0.15, 0.2) is 0 Å². The zero-order valence-electron chi connectivity index (χ0n) is 11.3. The highest BCUT2D eigenvalue weighted by molar-refractivity contribution is 5.82. The lowest BCUT2D eigenvalue weighted by Gasteiger charge is -2.37. The molecule has 1 saturated carbocycles. The Kier molecular flexibility index (Phi) is 4.21. The van der Waals surface area contributed by atoms with Gasteiger partial charge in [0.2, 0.25) is 0 Å². The first kappa shape index (κ1) is 13.0. The highest BCUT2D eigenvalue weighted by atomic mass is 16.5. The quantitative estimate of drug-likeness (QED) is 0.738. The summed E-state index contributed by atoms with van der Waals surface area (Å²) in [7, 11) is 0. The van der Waals surface area contributed by atoms with Gasteiger partial charge in [-0.2, -0.15) is 0 Å². The second kappa shape index (κ2) is 5.49. The summed E-state index contributed by atoms with van der Waals surface area (Å²) in [5.74, 6) is 1.87. The summed E-state index contributed by atoms with van der Waals surface area (Å²) in [5, 5.41) is 0. The van der Waals surface area contributed by atoms with Gasteiger partial charge in [-0.25, -0.2) is 0 Å². The van der Waals surface area contributed by atoms with Gasteiger partial charge in [0.1, 0.15) is 5.78 Å². The van der Waals surface area contributed by atoms with E-state index in [2.05, 4.69) is 25.7 Å². The molecule has 0 aromatic rings. The third kappa shape index (κ3) is 3.29. The zero-order chi connectivity index (χ0) is 12.4. The van der Waals surface area contributed by atoms with Crippen molar-refractivity contribution in [3.05, 3.63) is 0 Å². The number of Topliss-reactive ketones (excluding diaryl/α,β-unsaturated/α-hetero) is 1. The molecule has 0 bridgehead atoms. The first-order valence-corrected chi connectivity index (χ1v) is 6.93. The predicted octanol–water partition coefficient (Wildman–Crippen LogP) is 1.96. The Hall–Kier alpha value is -0.410. The summed E-state index contributed by atoms with van der Waals surface area (Å²) in [4.78, 5) is 14.5. The summed E-state index contributed by atoms with van der Waals surface area (Å²) < 4.78 is 5.54. The fourth-order valence-electron chi connectivity index (χ4n) is 3.31. The van der Waals surface area contributed by atoms with Gasteiger partial charge in [-0.3, -0.25) is 9.69 Å². The highest BCUT2D eigenvalue weighted by Crippen LogP contribution is 2.31. The molecule has 0 aromatic heterocycles. The molecule has 0 radical (unpaired) electrons. The molecule has 17 heavy (non-hydrogen) atoms. The third-order valence-electron chi connectivity index (χ3n) is 4.20. The number of carbonyl (C=O) groups is 1. The molecule has 0 aromatic carbocycles. The second-order valence-corrected chi connectivity index (χ2v) is 6.04. The molecule has 3 nitrogen and oxygen atoms in total. The van der Waals surface area contributed by atoms with Gasteiger partial charge in [0.25, 0.3) is 0 Å². The van der Waals surface area contributed by atoms with Crippen LogP contribution in [0.3, 0.4) is 0 Å². The van der Waals surface area contributed by atoms with E-state index in [0.717, 1.165) is 32.7 Å². The van der Waals surface area contributed by atoms with E-state index >= 15 is 0 Å². The van der Waals surface area contributed by atoms with Crippen molar-refractivity contribution in [3.8, 4) is 0 Å². The summed E-state index contributed by atoms with van der Waals surface area (Å²) in [6.07, 6.45) is 2.31. The molecular weight excluding hydrogens is 214 g/mol. The maximum atomic E-state index is 12.1. The predicted molar refractivity (Wildman–Crippen MR) is 67.9 cm³/mol. The van der Waals surface area contributed by atoms with Crippen LogP contribution in [0, 0.1) is 17.8 Å². The molecule has 2 aliphatic rings. The monoisotopic (exact) mass is 239 g/mol. The van der Waals surface area contributed by atoms with E-state index in [0.29, 0.717) is 23.7 Å². The van der Waals surface area contributed by atoms with Crippen LogP contribution in [0.2, 0.25) is 0 Å². The topological polar surface area (TPSA) is 29.5 Å². The number of hydrogen-bond acceptors (Lipinski definition) is 3.